The molecule has 0 bridgehead atoms. The molecule has 118 valence electrons. The van der Waals surface area contributed by atoms with Gasteiger partial charge in [0, 0.05) is 23.6 Å². The first-order valence-electron chi connectivity index (χ1n) is 7.28. The Hall–Kier alpha value is -2.03. The molecule has 0 radical (unpaired) electrons. The Bertz CT molecular complexity index is 859. The molecule has 0 aliphatic rings. The van der Waals surface area contributed by atoms with E-state index in [2.05, 4.69) is 48.1 Å². The molecule has 23 heavy (non-hydrogen) atoms. The lowest BCUT2D eigenvalue weighted by molar-refractivity contribution is -0.116. The van der Waals surface area contributed by atoms with Crippen LogP contribution in [0, 0.1) is 9.62 Å². The first-order chi connectivity index (χ1) is 11.0. The molecule has 3 rings (SSSR count). The van der Waals surface area contributed by atoms with Gasteiger partial charge in [-0.1, -0.05) is 13.8 Å². The summed E-state index contributed by atoms with van der Waals surface area (Å²) in [6, 6.07) is 3.85. The van der Waals surface area contributed by atoms with Crippen LogP contribution in [0.2, 0.25) is 0 Å². The van der Waals surface area contributed by atoms with Crippen LogP contribution in [-0.4, -0.2) is 26.1 Å². The summed E-state index contributed by atoms with van der Waals surface area (Å²) in [5.74, 6) is 0.310. The number of anilines is 1. The SMILES string of the molecule is CC(C)CC(=O)Nc1cncc(-c2cc3c(I)n[nH]c3cn2)c1. The minimum absolute atomic E-state index is 0.00764. The molecule has 0 aliphatic carbocycles. The molecule has 0 spiro atoms. The van der Waals surface area contributed by atoms with E-state index in [1.807, 2.05) is 26.0 Å². The molecule has 6 nitrogen and oxygen atoms in total. The summed E-state index contributed by atoms with van der Waals surface area (Å²) in [7, 11) is 0. The first-order valence-corrected chi connectivity index (χ1v) is 8.35. The highest BCUT2D eigenvalue weighted by Crippen LogP contribution is 2.25. The number of nitrogens with zero attached hydrogens (tertiary/aromatic N) is 3. The molecular weight excluding hydrogens is 405 g/mol. The molecule has 0 atom stereocenters. The van der Waals surface area contributed by atoms with Crippen molar-refractivity contribution in [3.05, 3.63) is 34.4 Å². The highest BCUT2D eigenvalue weighted by Gasteiger charge is 2.09. The van der Waals surface area contributed by atoms with Crippen LogP contribution in [0.5, 0.6) is 0 Å². The Morgan fingerprint density at radius 1 is 1.30 bits per heavy atom. The van der Waals surface area contributed by atoms with Crippen molar-refractivity contribution in [2.45, 2.75) is 20.3 Å². The van der Waals surface area contributed by atoms with Gasteiger partial charge in [0.2, 0.25) is 5.91 Å². The maximum Gasteiger partial charge on any atom is 0.224 e. The van der Waals surface area contributed by atoms with Gasteiger partial charge in [-0.05, 0) is 40.6 Å². The number of hydrogen-bond donors (Lipinski definition) is 2. The van der Waals surface area contributed by atoms with Crippen LogP contribution >= 0.6 is 22.6 Å². The van der Waals surface area contributed by atoms with Crippen molar-refractivity contribution in [2.75, 3.05) is 5.32 Å². The van der Waals surface area contributed by atoms with Gasteiger partial charge >= 0.3 is 0 Å². The van der Waals surface area contributed by atoms with Crippen LogP contribution in [0.15, 0.2) is 30.7 Å². The van der Waals surface area contributed by atoms with Gasteiger partial charge in [0.25, 0.3) is 0 Å². The number of hydrogen-bond acceptors (Lipinski definition) is 4. The van der Waals surface area contributed by atoms with Gasteiger partial charge in [0.05, 0.1) is 29.3 Å². The molecule has 0 aliphatic heterocycles. The number of pyridine rings is 2. The normalized spacial score (nSPS) is 11.1. The third-order valence-corrected chi connectivity index (χ3v) is 4.13. The zero-order valence-corrected chi connectivity index (χ0v) is 15.0. The van der Waals surface area contributed by atoms with Crippen molar-refractivity contribution in [3.63, 3.8) is 0 Å². The Balaban J connectivity index is 1.88. The zero-order valence-electron chi connectivity index (χ0n) is 12.8. The van der Waals surface area contributed by atoms with E-state index in [-0.39, 0.29) is 5.91 Å². The van der Waals surface area contributed by atoms with Crippen LogP contribution in [0.25, 0.3) is 22.2 Å². The van der Waals surface area contributed by atoms with Gasteiger partial charge in [-0.3, -0.25) is 19.9 Å². The highest BCUT2D eigenvalue weighted by molar-refractivity contribution is 14.1. The Morgan fingerprint density at radius 3 is 2.91 bits per heavy atom. The Morgan fingerprint density at radius 2 is 2.13 bits per heavy atom. The maximum atomic E-state index is 11.9. The molecule has 3 aromatic rings. The topological polar surface area (TPSA) is 83.6 Å². The van der Waals surface area contributed by atoms with Crippen molar-refractivity contribution >= 4 is 45.1 Å². The summed E-state index contributed by atoms with van der Waals surface area (Å²) in [4.78, 5) is 20.5. The van der Waals surface area contributed by atoms with Gasteiger partial charge < -0.3 is 5.32 Å². The summed E-state index contributed by atoms with van der Waals surface area (Å²) in [6.45, 7) is 4.03. The second-order valence-corrected chi connectivity index (χ2v) is 6.76. The van der Waals surface area contributed by atoms with Crippen LogP contribution in [0.4, 0.5) is 5.69 Å². The number of nitrogens with one attached hydrogen (secondary N) is 2. The van der Waals surface area contributed by atoms with E-state index in [9.17, 15) is 4.79 Å². The van der Waals surface area contributed by atoms with Gasteiger partial charge in [-0.15, -0.1) is 0 Å². The van der Waals surface area contributed by atoms with E-state index in [0.717, 1.165) is 25.9 Å². The molecule has 0 fully saturated rings. The van der Waals surface area contributed by atoms with Gasteiger partial charge in [0.1, 0.15) is 3.70 Å². The molecular formula is C16H16IN5O. The zero-order chi connectivity index (χ0) is 16.4. The number of aromatic nitrogens is 4. The van der Waals surface area contributed by atoms with Crippen LogP contribution in [0.1, 0.15) is 20.3 Å². The van der Waals surface area contributed by atoms with Crippen LogP contribution in [0.3, 0.4) is 0 Å². The summed E-state index contributed by atoms with van der Waals surface area (Å²) >= 11 is 2.18. The van der Waals surface area contributed by atoms with Crippen molar-refractivity contribution in [2.24, 2.45) is 5.92 Å². The molecule has 0 aromatic carbocycles. The van der Waals surface area contributed by atoms with E-state index < -0.39 is 0 Å². The number of H-pyrrole nitrogens is 1. The lowest BCUT2D eigenvalue weighted by Gasteiger charge is -2.08. The molecule has 3 aromatic heterocycles. The minimum atomic E-state index is -0.00764. The number of fused-ring (bicyclic) bond motifs is 1. The van der Waals surface area contributed by atoms with E-state index >= 15 is 0 Å². The number of carbonyl (C=O) groups is 1. The standard InChI is InChI=1S/C16H16IN5O/c1-9(2)3-15(23)20-11-4-10(6-18-7-11)13-5-12-14(8-19-13)21-22-16(12)17/h4-9H,3H2,1-2H3,(H,20,23)(H,21,22). The average Bonchev–Trinajstić information content (AvgIpc) is 2.87. The van der Waals surface area contributed by atoms with Gasteiger partial charge in [-0.2, -0.15) is 5.10 Å². The van der Waals surface area contributed by atoms with Gasteiger partial charge in [0.15, 0.2) is 0 Å². The van der Waals surface area contributed by atoms with Crippen molar-refractivity contribution in [1.82, 2.24) is 20.2 Å². The smallest absolute Gasteiger partial charge is 0.224 e. The van der Waals surface area contributed by atoms with E-state index in [0.29, 0.717) is 18.0 Å². The van der Waals surface area contributed by atoms with Crippen molar-refractivity contribution in [1.29, 1.82) is 0 Å². The predicted molar refractivity (Wildman–Crippen MR) is 97.9 cm³/mol. The molecule has 1 amide bonds. The fraction of sp³-hybridized carbons (Fsp3) is 0.250. The summed E-state index contributed by atoms with van der Waals surface area (Å²) in [5.41, 5.74) is 3.22. The molecule has 3 heterocycles. The lowest BCUT2D eigenvalue weighted by atomic mass is 10.1. The van der Waals surface area contributed by atoms with E-state index in [1.165, 1.54) is 0 Å². The Kier molecular flexibility index (Phi) is 4.56. The molecule has 0 saturated heterocycles. The molecule has 0 unspecified atom stereocenters. The fourth-order valence-corrected chi connectivity index (χ4v) is 2.84. The van der Waals surface area contributed by atoms with Crippen molar-refractivity contribution in [3.8, 4) is 11.3 Å². The summed E-state index contributed by atoms with van der Waals surface area (Å²) < 4.78 is 0.899. The average molecular weight is 421 g/mol. The van der Waals surface area contributed by atoms with E-state index in [1.54, 1.807) is 18.6 Å². The third-order valence-electron chi connectivity index (χ3n) is 3.31. The van der Waals surface area contributed by atoms with Crippen LogP contribution < -0.4 is 5.32 Å². The maximum absolute atomic E-state index is 11.9. The number of carbonyl (C=O) groups excluding carboxylic acids is 1. The van der Waals surface area contributed by atoms with E-state index in [4.69, 9.17) is 0 Å². The monoisotopic (exact) mass is 421 g/mol. The first kappa shape index (κ1) is 15.9. The second kappa shape index (κ2) is 6.61. The van der Waals surface area contributed by atoms with Crippen LogP contribution in [-0.2, 0) is 4.79 Å². The molecule has 7 heteroatoms. The quantitative estimate of drug-likeness (QED) is 0.631. The summed E-state index contributed by atoms with van der Waals surface area (Å²) in [5, 5.41) is 11.0. The number of aromatic amines is 1. The Labute approximate surface area is 147 Å². The lowest BCUT2D eigenvalue weighted by Crippen LogP contribution is -2.13. The molecule has 0 saturated carbocycles. The third kappa shape index (κ3) is 3.66. The minimum Gasteiger partial charge on any atom is -0.325 e. The number of rotatable bonds is 4. The second-order valence-electron chi connectivity index (χ2n) is 5.74. The predicted octanol–water partition coefficient (Wildman–Crippen LogP) is 3.61. The highest BCUT2D eigenvalue weighted by atomic mass is 127. The van der Waals surface area contributed by atoms with Crippen molar-refractivity contribution < 1.29 is 4.79 Å². The summed E-state index contributed by atoms with van der Waals surface area (Å²) in [6.07, 6.45) is 5.62. The number of halogens is 1. The molecule has 2 N–H and O–H groups in total. The fourth-order valence-electron chi connectivity index (χ4n) is 2.27. The number of amides is 1. The van der Waals surface area contributed by atoms with Gasteiger partial charge in [-0.25, -0.2) is 0 Å². The largest absolute Gasteiger partial charge is 0.325 e.